The van der Waals surface area contributed by atoms with Gasteiger partial charge in [-0.05, 0) is 11.5 Å². The lowest BCUT2D eigenvalue weighted by molar-refractivity contribution is -0.0706. The Kier molecular flexibility index (Phi) is 8.98. The molecule has 0 aromatic heterocycles. The zero-order valence-corrected chi connectivity index (χ0v) is 10.7. The predicted molar refractivity (Wildman–Crippen MR) is 65.2 cm³/mol. The molecule has 6 heteroatoms. The van der Waals surface area contributed by atoms with Crippen LogP contribution in [-0.4, -0.2) is 61.4 Å². The Morgan fingerprint density at radius 2 is 1.40 bits per heavy atom. The highest BCUT2D eigenvalue weighted by Gasteiger charge is 2.30. The number of aliphatic hydroxyl groups is 4. The van der Waals surface area contributed by atoms with Crippen molar-refractivity contribution < 1.29 is 20.4 Å². The van der Waals surface area contributed by atoms with Gasteiger partial charge in [0.25, 0.3) is 0 Å². The van der Waals surface area contributed by atoms with Gasteiger partial charge in [-0.1, -0.05) is 13.8 Å². The summed E-state index contributed by atoms with van der Waals surface area (Å²) in [5.74, 6) is 1.66. The molecule has 0 radical (unpaired) electrons. The molecule has 4 N–H and O–H groups in total. The molecule has 0 saturated carbocycles. The molecule has 1 unspecified atom stereocenters. The first kappa shape index (κ1) is 15.5. The molecule has 0 saturated heterocycles. The van der Waals surface area contributed by atoms with Crippen molar-refractivity contribution in [1.29, 1.82) is 0 Å². The lowest BCUT2D eigenvalue weighted by Crippen LogP contribution is -2.44. The maximum atomic E-state index is 9.78. The number of aliphatic hydroxyl groups excluding tert-OH is 4. The molecule has 0 heterocycles. The summed E-state index contributed by atoms with van der Waals surface area (Å²) in [5.41, 5.74) is 0. The van der Waals surface area contributed by atoms with Gasteiger partial charge in [0.15, 0.2) is 0 Å². The topological polar surface area (TPSA) is 80.9 Å². The zero-order chi connectivity index (χ0) is 11.8. The number of hydrogen-bond acceptors (Lipinski definition) is 6. The normalized spacial score (nSPS) is 17.8. The summed E-state index contributed by atoms with van der Waals surface area (Å²) in [6.45, 7) is 3.39. The number of rotatable bonds is 8. The fourth-order valence-electron chi connectivity index (χ4n) is 1.07. The van der Waals surface area contributed by atoms with E-state index in [1.807, 2.05) is 13.8 Å². The second kappa shape index (κ2) is 8.66. The lowest BCUT2D eigenvalue weighted by atomic mass is 10.1. The third-order valence-corrected chi connectivity index (χ3v) is 4.57. The van der Waals surface area contributed by atoms with Crippen molar-refractivity contribution >= 4 is 23.5 Å². The van der Waals surface area contributed by atoms with Crippen LogP contribution in [0, 0.1) is 0 Å². The van der Waals surface area contributed by atoms with E-state index in [4.69, 9.17) is 5.11 Å². The van der Waals surface area contributed by atoms with Crippen LogP contribution in [0.2, 0.25) is 0 Å². The minimum atomic E-state index is -1.29. The van der Waals surface area contributed by atoms with Crippen LogP contribution in [0.4, 0.5) is 0 Å². The summed E-state index contributed by atoms with van der Waals surface area (Å²) in [7, 11) is 0. The van der Waals surface area contributed by atoms with Gasteiger partial charge in [0.05, 0.1) is 11.2 Å². The monoisotopic (exact) mass is 256 g/mol. The zero-order valence-electron chi connectivity index (χ0n) is 9.04. The van der Waals surface area contributed by atoms with Crippen molar-refractivity contribution in [3.05, 3.63) is 0 Å². The standard InChI is InChI=1S/C9H20O4S2/c1-3-14-9(15-4-2)8(13)7(12)6(11)5-10/h6-13H,3-5H2,1-2H3/t6-,7?,8-/m1/s1. The predicted octanol–water partition coefficient (Wildman–Crippen LogP) is -0.106. The highest BCUT2D eigenvalue weighted by molar-refractivity contribution is 8.17. The maximum absolute atomic E-state index is 9.78. The van der Waals surface area contributed by atoms with E-state index in [1.165, 1.54) is 23.5 Å². The van der Waals surface area contributed by atoms with Crippen molar-refractivity contribution in [2.45, 2.75) is 36.7 Å². The first-order chi connectivity index (χ1) is 7.08. The molecular weight excluding hydrogens is 236 g/mol. The van der Waals surface area contributed by atoms with Gasteiger partial charge in [0, 0.05) is 0 Å². The smallest absolute Gasteiger partial charge is 0.110 e. The molecule has 0 fully saturated rings. The first-order valence-corrected chi connectivity index (χ1v) is 7.06. The third-order valence-electron chi connectivity index (χ3n) is 1.87. The van der Waals surface area contributed by atoms with Crippen molar-refractivity contribution in [2.24, 2.45) is 0 Å². The molecule has 92 valence electrons. The second-order valence-electron chi connectivity index (χ2n) is 3.01. The quantitative estimate of drug-likeness (QED) is 0.454. The van der Waals surface area contributed by atoms with Crippen LogP contribution in [0.15, 0.2) is 0 Å². The van der Waals surface area contributed by atoms with E-state index >= 15 is 0 Å². The third kappa shape index (κ3) is 5.42. The van der Waals surface area contributed by atoms with Crippen LogP contribution in [0.5, 0.6) is 0 Å². The molecule has 4 nitrogen and oxygen atoms in total. The number of thioether (sulfide) groups is 2. The van der Waals surface area contributed by atoms with Gasteiger partial charge >= 0.3 is 0 Å². The average molecular weight is 256 g/mol. The van der Waals surface area contributed by atoms with E-state index in [1.54, 1.807) is 0 Å². The van der Waals surface area contributed by atoms with Crippen molar-refractivity contribution in [1.82, 2.24) is 0 Å². The minimum Gasteiger partial charge on any atom is -0.394 e. The second-order valence-corrected chi connectivity index (χ2v) is 6.15. The van der Waals surface area contributed by atoms with Gasteiger partial charge < -0.3 is 20.4 Å². The molecule has 0 aromatic rings. The van der Waals surface area contributed by atoms with Gasteiger partial charge in [0.1, 0.15) is 18.3 Å². The SMILES string of the molecule is CCSC(SCC)[C@H](O)C(O)[C@H](O)CO. The summed E-state index contributed by atoms with van der Waals surface area (Å²) in [6.07, 6.45) is -3.60. The van der Waals surface area contributed by atoms with E-state index in [-0.39, 0.29) is 4.58 Å². The van der Waals surface area contributed by atoms with Gasteiger partial charge in [-0.25, -0.2) is 0 Å². The molecule has 15 heavy (non-hydrogen) atoms. The Bertz CT molecular complexity index is 153. The van der Waals surface area contributed by atoms with Crippen LogP contribution < -0.4 is 0 Å². The Morgan fingerprint density at radius 1 is 0.933 bits per heavy atom. The summed E-state index contributed by atoms with van der Waals surface area (Å²) in [5, 5.41) is 37.2. The van der Waals surface area contributed by atoms with Crippen LogP contribution >= 0.6 is 23.5 Å². The fourth-order valence-corrected chi connectivity index (χ4v) is 3.65. The van der Waals surface area contributed by atoms with Crippen molar-refractivity contribution in [3.8, 4) is 0 Å². The van der Waals surface area contributed by atoms with Crippen LogP contribution in [0.3, 0.4) is 0 Å². The summed E-state index contributed by atoms with van der Waals surface area (Å²) in [4.78, 5) is 0. The summed E-state index contributed by atoms with van der Waals surface area (Å²) >= 11 is 3.05. The first-order valence-electron chi connectivity index (χ1n) is 4.96. The summed E-state index contributed by atoms with van der Waals surface area (Å²) < 4.78 is -0.170. The maximum Gasteiger partial charge on any atom is 0.110 e. The van der Waals surface area contributed by atoms with Crippen molar-refractivity contribution in [3.63, 3.8) is 0 Å². The van der Waals surface area contributed by atoms with Crippen LogP contribution in [0.1, 0.15) is 13.8 Å². The molecule has 0 aliphatic heterocycles. The average Bonchev–Trinajstić information content (AvgIpc) is 2.25. The van der Waals surface area contributed by atoms with Gasteiger partial charge in [-0.2, -0.15) is 0 Å². The van der Waals surface area contributed by atoms with Crippen molar-refractivity contribution in [2.75, 3.05) is 18.1 Å². The lowest BCUT2D eigenvalue weighted by Gasteiger charge is -2.27. The van der Waals surface area contributed by atoms with Gasteiger partial charge in [-0.3, -0.25) is 0 Å². The highest BCUT2D eigenvalue weighted by atomic mass is 32.2. The molecule has 0 aromatic carbocycles. The Hall–Kier alpha value is 0.540. The van der Waals surface area contributed by atoms with Gasteiger partial charge in [0.2, 0.25) is 0 Å². The minimum absolute atomic E-state index is 0.170. The van der Waals surface area contributed by atoms with Crippen LogP contribution in [0.25, 0.3) is 0 Å². The van der Waals surface area contributed by atoms with Gasteiger partial charge in [-0.15, -0.1) is 23.5 Å². The number of hydrogen-bond donors (Lipinski definition) is 4. The molecule has 0 amide bonds. The fraction of sp³-hybridized carbons (Fsp3) is 1.00. The largest absolute Gasteiger partial charge is 0.394 e. The molecule has 0 bridgehead atoms. The molecule has 0 spiro atoms. The molecular formula is C9H20O4S2. The Labute approximate surface area is 99.1 Å². The van der Waals surface area contributed by atoms with E-state index in [0.717, 1.165) is 11.5 Å². The Morgan fingerprint density at radius 3 is 1.73 bits per heavy atom. The molecule has 0 aliphatic carbocycles. The van der Waals surface area contributed by atoms with E-state index in [9.17, 15) is 15.3 Å². The Balaban J connectivity index is 4.26. The molecule has 3 atom stereocenters. The van der Waals surface area contributed by atoms with Crippen LogP contribution in [-0.2, 0) is 0 Å². The van der Waals surface area contributed by atoms with E-state index in [2.05, 4.69) is 0 Å². The molecule has 0 rings (SSSR count). The highest BCUT2D eigenvalue weighted by Crippen LogP contribution is 2.28. The summed E-state index contributed by atoms with van der Waals surface area (Å²) in [6, 6.07) is 0. The molecule has 0 aliphatic rings. The van der Waals surface area contributed by atoms with E-state index in [0.29, 0.717) is 0 Å². The van der Waals surface area contributed by atoms with E-state index < -0.39 is 24.9 Å².